The largest absolute Gasteiger partial charge is 0.459 e. The molecule has 0 spiro atoms. The van der Waals surface area contributed by atoms with Crippen LogP contribution >= 0.6 is 0 Å². The highest BCUT2D eigenvalue weighted by Gasteiger charge is 2.35. The smallest absolute Gasteiger partial charge is 0.323 e. The molecular formula is C19H28N2O3. The summed E-state index contributed by atoms with van der Waals surface area (Å²) in [6, 6.07) is 8.85. The van der Waals surface area contributed by atoms with Crippen LogP contribution in [-0.4, -0.2) is 47.4 Å². The number of hydrogen-bond donors (Lipinski definition) is 1. The van der Waals surface area contributed by atoms with E-state index in [2.05, 4.69) is 0 Å². The molecule has 1 unspecified atom stereocenters. The number of esters is 1. The average Bonchev–Trinajstić information content (AvgIpc) is 2.94. The second-order valence-corrected chi connectivity index (χ2v) is 7.42. The van der Waals surface area contributed by atoms with Gasteiger partial charge in [-0.2, -0.15) is 0 Å². The SMILES string of the molecule is CC(C)(C)OC(=O)[C@H]1CCCN1CC(=O)C(N)Cc1ccccc1. The van der Waals surface area contributed by atoms with E-state index >= 15 is 0 Å². The maximum absolute atomic E-state index is 12.4. The first-order chi connectivity index (χ1) is 11.3. The van der Waals surface area contributed by atoms with Crippen LogP contribution in [0.5, 0.6) is 0 Å². The second kappa shape index (κ2) is 7.90. The topological polar surface area (TPSA) is 72.6 Å². The summed E-state index contributed by atoms with van der Waals surface area (Å²) in [7, 11) is 0. The van der Waals surface area contributed by atoms with Gasteiger partial charge < -0.3 is 10.5 Å². The van der Waals surface area contributed by atoms with E-state index in [9.17, 15) is 9.59 Å². The first-order valence-electron chi connectivity index (χ1n) is 8.55. The minimum atomic E-state index is -0.549. The molecule has 1 aromatic carbocycles. The van der Waals surface area contributed by atoms with Gasteiger partial charge in [-0.1, -0.05) is 30.3 Å². The monoisotopic (exact) mass is 332 g/mol. The summed E-state index contributed by atoms with van der Waals surface area (Å²) in [5.41, 5.74) is 6.59. The van der Waals surface area contributed by atoms with E-state index in [1.165, 1.54) is 0 Å². The summed E-state index contributed by atoms with van der Waals surface area (Å²) >= 11 is 0. The number of nitrogens with two attached hydrogens (primary N) is 1. The Morgan fingerprint density at radius 1 is 1.29 bits per heavy atom. The molecule has 0 radical (unpaired) electrons. The van der Waals surface area contributed by atoms with E-state index in [0.717, 1.165) is 24.9 Å². The fourth-order valence-corrected chi connectivity index (χ4v) is 2.95. The number of carbonyl (C=O) groups is 2. The molecule has 2 atom stereocenters. The van der Waals surface area contributed by atoms with Crippen molar-refractivity contribution in [2.45, 2.75) is 57.7 Å². The molecule has 132 valence electrons. The predicted molar refractivity (Wildman–Crippen MR) is 93.6 cm³/mol. The zero-order valence-corrected chi connectivity index (χ0v) is 14.8. The average molecular weight is 332 g/mol. The minimum Gasteiger partial charge on any atom is -0.459 e. The van der Waals surface area contributed by atoms with Crippen LogP contribution in [0.4, 0.5) is 0 Å². The Hall–Kier alpha value is -1.72. The van der Waals surface area contributed by atoms with Gasteiger partial charge in [0.05, 0.1) is 12.6 Å². The van der Waals surface area contributed by atoms with Crippen LogP contribution < -0.4 is 5.73 Å². The number of hydrogen-bond acceptors (Lipinski definition) is 5. The normalized spacial score (nSPS) is 19.9. The molecule has 1 heterocycles. The maximum Gasteiger partial charge on any atom is 0.323 e. The molecule has 1 fully saturated rings. The highest BCUT2D eigenvalue weighted by Crippen LogP contribution is 2.21. The lowest BCUT2D eigenvalue weighted by atomic mass is 10.0. The van der Waals surface area contributed by atoms with E-state index in [1.807, 2.05) is 56.0 Å². The number of nitrogens with zero attached hydrogens (tertiary/aromatic N) is 1. The number of benzene rings is 1. The van der Waals surface area contributed by atoms with Crippen molar-refractivity contribution >= 4 is 11.8 Å². The van der Waals surface area contributed by atoms with Crippen molar-refractivity contribution in [3.05, 3.63) is 35.9 Å². The van der Waals surface area contributed by atoms with E-state index < -0.39 is 11.6 Å². The summed E-state index contributed by atoms with van der Waals surface area (Å²) in [4.78, 5) is 26.6. The molecule has 2 rings (SSSR count). The number of ether oxygens (including phenoxy) is 1. The van der Waals surface area contributed by atoms with Gasteiger partial charge in [0.15, 0.2) is 5.78 Å². The molecule has 24 heavy (non-hydrogen) atoms. The summed E-state index contributed by atoms with van der Waals surface area (Å²) < 4.78 is 5.47. The number of carbonyl (C=O) groups excluding carboxylic acids is 2. The van der Waals surface area contributed by atoms with Gasteiger partial charge in [-0.25, -0.2) is 0 Å². The summed E-state index contributed by atoms with van der Waals surface area (Å²) in [5, 5.41) is 0. The minimum absolute atomic E-state index is 0.0330. The molecular weight excluding hydrogens is 304 g/mol. The zero-order chi connectivity index (χ0) is 17.7. The molecule has 1 aliphatic rings. The Bertz CT molecular complexity index is 566. The van der Waals surface area contributed by atoms with Gasteiger partial charge >= 0.3 is 5.97 Å². The highest BCUT2D eigenvalue weighted by atomic mass is 16.6. The van der Waals surface area contributed by atoms with Gasteiger partial charge in [-0.15, -0.1) is 0 Å². The van der Waals surface area contributed by atoms with Crippen molar-refractivity contribution in [3.63, 3.8) is 0 Å². The van der Waals surface area contributed by atoms with Crippen molar-refractivity contribution in [2.24, 2.45) is 5.73 Å². The Morgan fingerprint density at radius 3 is 2.58 bits per heavy atom. The van der Waals surface area contributed by atoms with Crippen molar-refractivity contribution in [2.75, 3.05) is 13.1 Å². The Kier molecular flexibility index (Phi) is 6.13. The molecule has 1 aliphatic heterocycles. The van der Waals surface area contributed by atoms with Crippen molar-refractivity contribution in [3.8, 4) is 0 Å². The third kappa shape index (κ3) is 5.42. The maximum atomic E-state index is 12.4. The van der Waals surface area contributed by atoms with E-state index in [0.29, 0.717) is 6.42 Å². The lowest BCUT2D eigenvalue weighted by Gasteiger charge is -2.27. The zero-order valence-electron chi connectivity index (χ0n) is 14.8. The number of rotatable bonds is 6. The van der Waals surface area contributed by atoms with Crippen LogP contribution in [0.25, 0.3) is 0 Å². The van der Waals surface area contributed by atoms with Crippen molar-refractivity contribution < 1.29 is 14.3 Å². The quantitative estimate of drug-likeness (QED) is 0.806. The van der Waals surface area contributed by atoms with Crippen LogP contribution in [0.2, 0.25) is 0 Å². The van der Waals surface area contributed by atoms with Gasteiger partial charge in [0.1, 0.15) is 11.6 Å². The number of likely N-dealkylation sites (tertiary alicyclic amines) is 1. The molecule has 2 N–H and O–H groups in total. The van der Waals surface area contributed by atoms with E-state index in [4.69, 9.17) is 10.5 Å². The summed E-state index contributed by atoms with van der Waals surface area (Å²) in [6.45, 7) is 6.49. The molecule has 1 aromatic rings. The molecule has 0 aliphatic carbocycles. The van der Waals surface area contributed by atoms with Gasteiger partial charge in [-0.05, 0) is 52.1 Å². The highest BCUT2D eigenvalue weighted by molar-refractivity contribution is 5.87. The number of ketones is 1. The Balaban J connectivity index is 1.91. The van der Waals surface area contributed by atoms with Crippen LogP contribution in [0.15, 0.2) is 30.3 Å². The summed E-state index contributed by atoms with van der Waals surface area (Å²) in [5.74, 6) is -0.279. The summed E-state index contributed by atoms with van der Waals surface area (Å²) in [6.07, 6.45) is 2.14. The van der Waals surface area contributed by atoms with Crippen LogP contribution in [0.1, 0.15) is 39.2 Å². The fraction of sp³-hybridized carbons (Fsp3) is 0.579. The van der Waals surface area contributed by atoms with E-state index in [1.54, 1.807) is 0 Å². The molecule has 0 bridgehead atoms. The Morgan fingerprint density at radius 2 is 1.96 bits per heavy atom. The fourth-order valence-electron chi connectivity index (χ4n) is 2.95. The van der Waals surface area contributed by atoms with Crippen molar-refractivity contribution in [1.82, 2.24) is 4.90 Å². The molecule has 5 heteroatoms. The second-order valence-electron chi connectivity index (χ2n) is 7.42. The van der Waals surface area contributed by atoms with E-state index in [-0.39, 0.29) is 24.3 Å². The Labute approximate surface area is 144 Å². The van der Waals surface area contributed by atoms with Crippen LogP contribution in [0.3, 0.4) is 0 Å². The molecule has 0 aromatic heterocycles. The standard InChI is InChI=1S/C19H28N2O3/c1-19(2,3)24-18(23)16-10-7-11-21(16)13-17(22)15(20)12-14-8-5-4-6-9-14/h4-6,8-9,15-16H,7,10-13,20H2,1-3H3/t15?,16-/m1/s1. The lowest BCUT2D eigenvalue weighted by molar-refractivity contribution is -0.160. The van der Waals surface area contributed by atoms with Gasteiger partial charge in [0.25, 0.3) is 0 Å². The molecule has 0 amide bonds. The molecule has 5 nitrogen and oxygen atoms in total. The first-order valence-corrected chi connectivity index (χ1v) is 8.55. The van der Waals surface area contributed by atoms with Crippen LogP contribution in [0, 0.1) is 0 Å². The third-order valence-electron chi connectivity index (χ3n) is 4.11. The predicted octanol–water partition coefficient (Wildman–Crippen LogP) is 1.93. The molecule has 0 saturated carbocycles. The third-order valence-corrected chi connectivity index (χ3v) is 4.11. The van der Waals surface area contributed by atoms with Crippen molar-refractivity contribution in [1.29, 1.82) is 0 Å². The van der Waals surface area contributed by atoms with Crippen LogP contribution in [-0.2, 0) is 20.7 Å². The first kappa shape index (κ1) is 18.6. The van der Waals surface area contributed by atoms with Gasteiger partial charge in [0.2, 0.25) is 0 Å². The molecule has 1 saturated heterocycles. The lowest BCUT2D eigenvalue weighted by Crippen LogP contribution is -2.46. The van der Waals surface area contributed by atoms with Gasteiger partial charge in [-0.3, -0.25) is 14.5 Å². The van der Waals surface area contributed by atoms with Gasteiger partial charge in [0, 0.05) is 0 Å². The number of Topliss-reactive ketones (excluding diaryl/α,β-unsaturated/α-hetero) is 1.